The Hall–Kier alpha value is -3.17. The Balaban J connectivity index is 1.96. The minimum atomic E-state index is -5.07. The van der Waals surface area contributed by atoms with Crippen molar-refractivity contribution in [3.63, 3.8) is 0 Å². The van der Waals surface area contributed by atoms with Crippen molar-refractivity contribution in [3.05, 3.63) is 75.2 Å². The normalized spacial score (nSPS) is 14.2. The molecule has 0 bridgehead atoms. The van der Waals surface area contributed by atoms with Crippen molar-refractivity contribution >= 4 is 27.2 Å². The molecule has 0 fully saturated rings. The topological polar surface area (TPSA) is 111 Å². The fraction of sp³-hybridized carbons (Fsp3) is 0.375. The number of Topliss-reactive ketones (excluding diaryl/α,β-unsaturated/α-hetero) is 1. The second-order valence-electron chi connectivity index (χ2n) is 9.09. The monoisotopic (exact) mass is 613 g/mol. The lowest BCUT2D eigenvalue weighted by molar-refractivity contribution is -0.207. The van der Waals surface area contributed by atoms with Crippen molar-refractivity contribution in [1.29, 1.82) is 0 Å². The maximum Gasteiger partial charge on any atom is 0.416 e. The third kappa shape index (κ3) is 8.17. The number of halogens is 7. The van der Waals surface area contributed by atoms with Crippen molar-refractivity contribution in [1.82, 2.24) is 14.3 Å². The first-order valence-corrected chi connectivity index (χ1v) is 13.8. The van der Waals surface area contributed by atoms with Crippen LogP contribution in [0.4, 0.5) is 26.3 Å². The Labute approximate surface area is 228 Å². The first-order chi connectivity index (χ1) is 18.3. The average molecular weight is 614 g/mol. The van der Waals surface area contributed by atoms with Gasteiger partial charge < -0.3 is 5.11 Å². The maximum atomic E-state index is 13.2. The van der Waals surface area contributed by atoms with Gasteiger partial charge in [0.2, 0.25) is 0 Å². The highest BCUT2D eigenvalue weighted by Gasteiger charge is 2.39. The minimum absolute atomic E-state index is 0.0818. The minimum Gasteiger partial charge on any atom is -0.382 e. The summed E-state index contributed by atoms with van der Waals surface area (Å²) in [5.41, 5.74) is -2.18. The van der Waals surface area contributed by atoms with Crippen molar-refractivity contribution in [2.75, 3.05) is 12.0 Å². The van der Waals surface area contributed by atoms with Gasteiger partial charge in [-0.3, -0.25) is 9.36 Å². The summed E-state index contributed by atoms with van der Waals surface area (Å²) in [5.74, 6) is -3.04. The van der Waals surface area contributed by atoms with E-state index < -0.39 is 76.5 Å². The number of nitrogens with zero attached hydrogens (tertiary/aromatic N) is 3. The molecule has 16 heteroatoms. The van der Waals surface area contributed by atoms with Gasteiger partial charge in [-0.2, -0.15) is 26.3 Å². The van der Waals surface area contributed by atoms with Crippen LogP contribution in [0.2, 0.25) is 5.02 Å². The van der Waals surface area contributed by atoms with Gasteiger partial charge in [0.25, 0.3) is 0 Å². The molecular weight excluding hydrogens is 592 g/mol. The number of rotatable bonds is 10. The molecule has 0 aliphatic carbocycles. The maximum absolute atomic E-state index is 13.2. The van der Waals surface area contributed by atoms with Crippen molar-refractivity contribution in [2.45, 2.75) is 43.9 Å². The van der Waals surface area contributed by atoms with E-state index in [0.717, 1.165) is 24.5 Å². The van der Waals surface area contributed by atoms with E-state index in [2.05, 4.69) is 5.10 Å². The Morgan fingerprint density at radius 3 is 2.25 bits per heavy atom. The van der Waals surface area contributed by atoms with Crippen LogP contribution in [-0.2, 0) is 33.9 Å². The molecule has 3 aromatic rings. The van der Waals surface area contributed by atoms with E-state index in [-0.39, 0.29) is 22.0 Å². The second kappa shape index (κ2) is 11.7. The summed E-state index contributed by atoms with van der Waals surface area (Å²) in [6.45, 7) is -2.07. The summed E-state index contributed by atoms with van der Waals surface area (Å²) in [4.78, 5) is 25.9. The predicted octanol–water partition coefficient (Wildman–Crippen LogP) is 4.09. The molecule has 1 N–H and O–H groups in total. The highest BCUT2D eigenvalue weighted by Crippen LogP contribution is 2.32. The lowest BCUT2D eigenvalue weighted by atomic mass is 9.94. The number of carbonyl (C=O) groups is 1. The van der Waals surface area contributed by atoms with Crippen LogP contribution in [0.5, 0.6) is 0 Å². The highest BCUT2D eigenvalue weighted by atomic mass is 35.5. The second-order valence-corrected chi connectivity index (χ2v) is 11.7. The largest absolute Gasteiger partial charge is 0.416 e. The lowest BCUT2D eigenvalue weighted by Crippen LogP contribution is -2.37. The molecule has 8 nitrogen and oxygen atoms in total. The number of aliphatic hydroxyl groups is 1. The molecule has 1 heterocycles. The molecule has 0 radical (unpaired) electrons. The molecular formula is C24H22ClF6N3O5S. The van der Waals surface area contributed by atoms with Crippen LogP contribution < -0.4 is 5.69 Å². The molecule has 1 unspecified atom stereocenters. The Morgan fingerprint density at radius 2 is 1.70 bits per heavy atom. The lowest BCUT2D eigenvalue weighted by Gasteiger charge is -2.17. The number of hydrogen-bond acceptors (Lipinski definition) is 6. The van der Waals surface area contributed by atoms with E-state index in [9.17, 15) is 49.5 Å². The van der Waals surface area contributed by atoms with Crippen molar-refractivity contribution in [3.8, 4) is 11.4 Å². The number of hydrogen-bond donors (Lipinski definition) is 1. The Bertz CT molecular complexity index is 1530. The third-order valence-corrected chi connectivity index (χ3v) is 7.01. The zero-order valence-corrected chi connectivity index (χ0v) is 22.2. The summed E-state index contributed by atoms with van der Waals surface area (Å²) >= 11 is 5.84. The first kappa shape index (κ1) is 31.4. The van der Waals surface area contributed by atoms with Crippen LogP contribution in [0.15, 0.2) is 53.3 Å². The molecule has 1 aromatic heterocycles. The molecule has 3 rings (SSSR count). The van der Waals surface area contributed by atoms with Gasteiger partial charge in [-0.1, -0.05) is 29.8 Å². The molecule has 0 aliphatic heterocycles. The number of aliphatic hydroxyl groups excluding tert-OH is 1. The van der Waals surface area contributed by atoms with Gasteiger partial charge in [0.1, 0.15) is 16.4 Å². The van der Waals surface area contributed by atoms with E-state index in [1.165, 1.54) is 30.3 Å². The predicted molar refractivity (Wildman–Crippen MR) is 133 cm³/mol. The molecule has 0 aliphatic rings. The zero-order chi connectivity index (χ0) is 30.0. The summed E-state index contributed by atoms with van der Waals surface area (Å²) in [7, 11) is -3.78. The molecule has 0 saturated carbocycles. The van der Waals surface area contributed by atoms with Gasteiger partial charge in [0, 0.05) is 29.2 Å². The van der Waals surface area contributed by atoms with Crippen LogP contribution in [0.25, 0.3) is 11.4 Å². The summed E-state index contributed by atoms with van der Waals surface area (Å²) in [5, 5.41) is 13.8. The molecule has 2 aromatic carbocycles. The molecule has 2 atom stereocenters. The third-order valence-electron chi connectivity index (χ3n) is 5.75. The van der Waals surface area contributed by atoms with Crippen molar-refractivity contribution in [2.24, 2.45) is 0 Å². The Kier molecular flexibility index (Phi) is 9.21. The smallest absolute Gasteiger partial charge is 0.382 e. The Morgan fingerprint density at radius 1 is 1.07 bits per heavy atom. The zero-order valence-electron chi connectivity index (χ0n) is 20.6. The quantitative estimate of drug-likeness (QED) is 0.345. The van der Waals surface area contributed by atoms with Crippen LogP contribution in [0.1, 0.15) is 23.5 Å². The van der Waals surface area contributed by atoms with E-state index in [4.69, 9.17) is 11.6 Å². The number of ketones is 1. The first-order valence-electron chi connectivity index (χ1n) is 11.4. The molecule has 0 spiro atoms. The SMILES string of the molecule is CS(=O)(=O)CC(CC(=O)Cn1nc(-c2ccc(Cl)cc2)n(C[C@H](O)C(F)(F)F)c1=O)c1cccc(C(F)(F)F)c1. The van der Waals surface area contributed by atoms with Gasteiger partial charge >= 0.3 is 18.0 Å². The van der Waals surface area contributed by atoms with E-state index in [1.807, 2.05) is 0 Å². The van der Waals surface area contributed by atoms with Crippen LogP contribution in [0, 0.1) is 0 Å². The average Bonchev–Trinajstić information content (AvgIpc) is 3.12. The van der Waals surface area contributed by atoms with Gasteiger partial charge in [-0.15, -0.1) is 5.10 Å². The molecule has 0 saturated heterocycles. The van der Waals surface area contributed by atoms with Gasteiger partial charge in [-0.25, -0.2) is 17.9 Å². The van der Waals surface area contributed by atoms with E-state index >= 15 is 0 Å². The van der Waals surface area contributed by atoms with E-state index in [0.29, 0.717) is 9.25 Å². The molecule has 0 amide bonds. The highest BCUT2D eigenvalue weighted by molar-refractivity contribution is 7.90. The van der Waals surface area contributed by atoms with Crippen LogP contribution in [-0.4, -0.2) is 57.9 Å². The van der Waals surface area contributed by atoms with Crippen molar-refractivity contribution < 1.29 is 44.7 Å². The summed E-state index contributed by atoms with van der Waals surface area (Å²) in [6, 6.07) is 9.25. The van der Waals surface area contributed by atoms with Gasteiger partial charge in [0.05, 0.1) is 17.9 Å². The summed E-state index contributed by atoms with van der Waals surface area (Å²) in [6.07, 6.45) is -12.5. The van der Waals surface area contributed by atoms with E-state index in [1.54, 1.807) is 0 Å². The number of alkyl halides is 6. The van der Waals surface area contributed by atoms with Crippen LogP contribution >= 0.6 is 11.6 Å². The molecule has 218 valence electrons. The van der Waals surface area contributed by atoms with Gasteiger partial charge in [-0.05, 0) is 35.9 Å². The molecule has 40 heavy (non-hydrogen) atoms. The van der Waals surface area contributed by atoms with Crippen LogP contribution in [0.3, 0.4) is 0 Å². The number of benzene rings is 2. The number of sulfone groups is 1. The number of carbonyl (C=O) groups excluding carboxylic acids is 1. The fourth-order valence-electron chi connectivity index (χ4n) is 3.91. The van der Waals surface area contributed by atoms with Gasteiger partial charge in [0.15, 0.2) is 17.7 Å². The summed E-state index contributed by atoms with van der Waals surface area (Å²) < 4.78 is 104. The fourth-order valence-corrected chi connectivity index (χ4v) is 5.08. The number of aromatic nitrogens is 3. The standard InChI is InChI=1S/C24H22ClF6N3O5S/c1-40(38,39)13-16(15-3-2-4-17(9-15)23(26,27)28)10-19(35)11-34-22(37)33(12-20(36)24(29,30)31)21(32-34)14-5-7-18(25)8-6-14/h2-9,16,20,36H,10-13H2,1H3/t16?,20-/m0/s1.